The summed E-state index contributed by atoms with van der Waals surface area (Å²) in [5, 5.41) is 2.41. The zero-order valence-electron chi connectivity index (χ0n) is 30.5. The summed E-state index contributed by atoms with van der Waals surface area (Å²) in [7, 11) is -1.31. The molecule has 3 aromatic rings. The molecule has 0 spiro atoms. The Balaban J connectivity index is 1.66. The fourth-order valence-electron chi connectivity index (χ4n) is 5.90. The van der Waals surface area contributed by atoms with Crippen molar-refractivity contribution < 1.29 is 23.5 Å². The van der Waals surface area contributed by atoms with Gasteiger partial charge in [0, 0.05) is 6.42 Å². The SMILES string of the molecule is COC(=O)CCC/C=C/C/C=C/C=C/C(C/C=C/CCCCCOC(=O)c1ccccc1)O[Si](c1ccccc1)(c1ccccc1)C(C)(C)C. The third-order valence-corrected chi connectivity index (χ3v) is 13.6. The first-order chi connectivity index (χ1) is 24.3. The Bertz CT molecular complexity index is 1460. The Labute approximate surface area is 301 Å². The molecule has 0 amide bonds. The second-order valence-electron chi connectivity index (χ2n) is 13.4. The number of allylic oxidation sites excluding steroid dienone is 6. The Hall–Kier alpha value is -4.26. The van der Waals surface area contributed by atoms with Crippen LogP contribution in [0.2, 0.25) is 5.04 Å². The maximum atomic E-state index is 12.2. The molecule has 266 valence electrons. The molecule has 0 aromatic heterocycles. The molecule has 0 saturated heterocycles. The second kappa shape index (κ2) is 22.5. The number of methoxy groups -OCH3 is 1. The van der Waals surface area contributed by atoms with Crippen LogP contribution in [-0.2, 0) is 18.7 Å². The molecule has 3 rings (SSSR count). The number of rotatable bonds is 21. The molecule has 50 heavy (non-hydrogen) atoms. The molecule has 1 atom stereocenters. The standard InChI is InChI=1S/C44H56O5Si/c1-44(2,3)50(40-32-22-16-23-33-40,41-34-24-17-25-35-41)49-39(30-20-11-7-5-6-8-13-26-36-42(45)47-4)31-21-12-9-10-14-27-37-48-43(46)38-28-18-15-19-29-38/h6-8,11-12,15-25,28-30,32-35,39H,5,9-10,13-14,26-27,31,36-37H2,1-4H3/b8-6+,11-7+,21-12+,30-20+. The molecule has 0 heterocycles. The van der Waals surface area contributed by atoms with E-state index in [4.69, 9.17) is 13.9 Å². The third kappa shape index (κ3) is 13.6. The first-order valence-electron chi connectivity index (χ1n) is 18.0. The van der Waals surface area contributed by atoms with Gasteiger partial charge in [0.2, 0.25) is 0 Å². The summed E-state index contributed by atoms with van der Waals surface area (Å²) >= 11 is 0. The summed E-state index contributed by atoms with van der Waals surface area (Å²) in [4.78, 5) is 23.4. The first kappa shape index (κ1) is 40.2. The van der Waals surface area contributed by atoms with E-state index in [0.717, 1.165) is 51.4 Å². The van der Waals surface area contributed by atoms with Crippen molar-refractivity contribution in [2.75, 3.05) is 13.7 Å². The quantitative estimate of drug-likeness (QED) is 0.0366. The molecule has 0 aliphatic rings. The van der Waals surface area contributed by atoms with Gasteiger partial charge in [-0.15, -0.1) is 0 Å². The number of carbonyl (C=O) groups is 2. The van der Waals surface area contributed by atoms with Gasteiger partial charge >= 0.3 is 11.9 Å². The molecular formula is C44H56O5Si. The topological polar surface area (TPSA) is 61.8 Å². The summed E-state index contributed by atoms with van der Waals surface area (Å²) in [6.07, 6.45) is 24.7. The minimum atomic E-state index is -2.74. The number of ether oxygens (including phenoxy) is 2. The monoisotopic (exact) mass is 692 g/mol. The number of hydrogen-bond donors (Lipinski definition) is 0. The maximum Gasteiger partial charge on any atom is 0.338 e. The summed E-state index contributed by atoms with van der Waals surface area (Å²) < 4.78 is 17.6. The highest BCUT2D eigenvalue weighted by Crippen LogP contribution is 2.38. The average molecular weight is 693 g/mol. The fourth-order valence-corrected chi connectivity index (χ4v) is 10.5. The van der Waals surface area contributed by atoms with E-state index in [0.29, 0.717) is 18.6 Å². The molecule has 0 aliphatic heterocycles. The normalized spacial score (nSPS) is 13.0. The number of carbonyl (C=O) groups excluding carboxylic acids is 2. The lowest BCUT2D eigenvalue weighted by Gasteiger charge is -2.44. The third-order valence-electron chi connectivity index (χ3n) is 8.53. The van der Waals surface area contributed by atoms with E-state index in [-0.39, 0.29) is 23.1 Å². The van der Waals surface area contributed by atoms with Gasteiger partial charge in [0.15, 0.2) is 0 Å². The number of hydrogen-bond acceptors (Lipinski definition) is 5. The van der Waals surface area contributed by atoms with Crippen LogP contribution in [0, 0.1) is 0 Å². The van der Waals surface area contributed by atoms with Crippen LogP contribution >= 0.6 is 0 Å². The van der Waals surface area contributed by atoms with E-state index < -0.39 is 8.32 Å². The lowest BCUT2D eigenvalue weighted by atomic mass is 10.1. The van der Waals surface area contributed by atoms with E-state index >= 15 is 0 Å². The molecule has 0 fully saturated rings. The predicted octanol–water partition coefficient (Wildman–Crippen LogP) is 9.70. The molecule has 0 saturated carbocycles. The van der Waals surface area contributed by atoms with Crippen LogP contribution < -0.4 is 10.4 Å². The molecule has 1 unspecified atom stereocenters. The van der Waals surface area contributed by atoms with Gasteiger partial charge in [0.25, 0.3) is 8.32 Å². The van der Waals surface area contributed by atoms with E-state index in [1.165, 1.54) is 17.5 Å². The van der Waals surface area contributed by atoms with Crippen LogP contribution in [0.1, 0.15) is 88.9 Å². The van der Waals surface area contributed by atoms with Crippen LogP contribution in [0.15, 0.2) is 140 Å². The molecule has 0 N–H and O–H groups in total. The second-order valence-corrected chi connectivity index (χ2v) is 17.6. The zero-order valence-corrected chi connectivity index (χ0v) is 31.5. The minimum Gasteiger partial charge on any atom is -0.469 e. The van der Waals surface area contributed by atoms with Crippen LogP contribution in [-0.4, -0.2) is 40.1 Å². The molecule has 0 bridgehead atoms. The Morgan fingerprint density at radius 3 is 1.92 bits per heavy atom. The number of unbranched alkanes of at least 4 members (excludes halogenated alkanes) is 4. The first-order valence-corrected chi connectivity index (χ1v) is 19.9. The van der Waals surface area contributed by atoms with E-state index in [1.807, 2.05) is 18.2 Å². The van der Waals surface area contributed by atoms with Gasteiger partial charge in [0.1, 0.15) is 0 Å². The molecular weight excluding hydrogens is 637 g/mol. The minimum absolute atomic E-state index is 0.117. The highest BCUT2D eigenvalue weighted by atomic mass is 28.4. The van der Waals surface area contributed by atoms with Gasteiger partial charge < -0.3 is 13.9 Å². The Kier molecular flexibility index (Phi) is 18.0. The van der Waals surface area contributed by atoms with Crippen molar-refractivity contribution >= 4 is 30.6 Å². The lowest BCUT2D eigenvalue weighted by molar-refractivity contribution is -0.140. The van der Waals surface area contributed by atoms with Crippen molar-refractivity contribution in [1.29, 1.82) is 0 Å². The van der Waals surface area contributed by atoms with Crippen molar-refractivity contribution in [2.45, 2.75) is 89.7 Å². The van der Waals surface area contributed by atoms with E-state index in [2.05, 4.69) is 130 Å². The van der Waals surface area contributed by atoms with Gasteiger partial charge in [-0.25, -0.2) is 4.79 Å². The highest BCUT2D eigenvalue weighted by Gasteiger charge is 2.51. The van der Waals surface area contributed by atoms with Crippen LogP contribution in [0.25, 0.3) is 0 Å². The maximum absolute atomic E-state index is 12.2. The number of esters is 2. The zero-order chi connectivity index (χ0) is 35.9. The summed E-state index contributed by atoms with van der Waals surface area (Å²) in [5.74, 6) is -0.420. The van der Waals surface area contributed by atoms with Crippen molar-refractivity contribution in [1.82, 2.24) is 0 Å². The largest absolute Gasteiger partial charge is 0.469 e. The Morgan fingerprint density at radius 2 is 1.30 bits per heavy atom. The Morgan fingerprint density at radius 1 is 0.700 bits per heavy atom. The van der Waals surface area contributed by atoms with Crippen LogP contribution in [0.4, 0.5) is 0 Å². The van der Waals surface area contributed by atoms with Gasteiger partial charge in [-0.1, -0.05) is 148 Å². The van der Waals surface area contributed by atoms with E-state index in [9.17, 15) is 9.59 Å². The summed E-state index contributed by atoms with van der Waals surface area (Å²) in [6.45, 7) is 7.37. The molecule has 5 nitrogen and oxygen atoms in total. The molecule has 6 heteroatoms. The summed E-state index contributed by atoms with van der Waals surface area (Å²) in [5.41, 5.74) is 0.593. The van der Waals surface area contributed by atoms with Crippen molar-refractivity contribution in [3.8, 4) is 0 Å². The van der Waals surface area contributed by atoms with Gasteiger partial charge in [-0.2, -0.15) is 0 Å². The predicted molar refractivity (Wildman–Crippen MR) is 209 cm³/mol. The highest BCUT2D eigenvalue weighted by molar-refractivity contribution is 6.99. The van der Waals surface area contributed by atoms with Gasteiger partial charge in [0.05, 0.1) is 25.4 Å². The van der Waals surface area contributed by atoms with Crippen molar-refractivity contribution in [3.05, 3.63) is 145 Å². The van der Waals surface area contributed by atoms with E-state index in [1.54, 1.807) is 12.1 Å². The summed E-state index contributed by atoms with van der Waals surface area (Å²) in [6, 6.07) is 30.7. The van der Waals surface area contributed by atoms with Gasteiger partial charge in [-0.3, -0.25) is 4.79 Å². The van der Waals surface area contributed by atoms with Crippen molar-refractivity contribution in [3.63, 3.8) is 0 Å². The van der Waals surface area contributed by atoms with Crippen LogP contribution in [0.5, 0.6) is 0 Å². The molecule has 0 aliphatic carbocycles. The molecule has 3 aromatic carbocycles. The molecule has 0 radical (unpaired) electrons. The number of benzene rings is 3. The van der Waals surface area contributed by atoms with Crippen LogP contribution in [0.3, 0.4) is 0 Å². The smallest absolute Gasteiger partial charge is 0.338 e. The average Bonchev–Trinajstić information content (AvgIpc) is 3.13. The van der Waals surface area contributed by atoms with Gasteiger partial charge in [-0.05, 0) is 78.9 Å². The lowest BCUT2D eigenvalue weighted by Crippen LogP contribution is -2.67. The fraction of sp³-hybridized carbons (Fsp3) is 0.364. The van der Waals surface area contributed by atoms with Crippen molar-refractivity contribution in [2.24, 2.45) is 0 Å².